The third kappa shape index (κ3) is 4.07. The van der Waals surface area contributed by atoms with E-state index in [4.69, 9.17) is 0 Å². The second kappa shape index (κ2) is 5.60. The van der Waals surface area contributed by atoms with Gasteiger partial charge in [0.1, 0.15) is 6.04 Å². The highest BCUT2D eigenvalue weighted by Crippen LogP contribution is 2.18. The number of methoxy groups -OCH3 is 1. The van der Waals surface area contributed by atoms with E-state index in [1.807, 2.05) is 4.90 Å². The first kappa shape index (κ1) is 13.4. The molecule has 0 bridgehead atoms. The maximum absolute atomic E-state index is 11.2. The highest BCUT2D eigenvalue weighted by molar-refractivity contribution is 7.88. The predicted octanol–water partition coefficient (Wildman–Crippen LogP) is -0.827. The number of carbonyl (C=O) groups excluding carboxylic acids is 1. The molecule has 0 aromatic rings. The normalized spacial score (nSPS) is 21.5. The summed E-state index contributed by atoms with van der Waals surface area (Å²) < 4.78 is 28.6. The van der Waals surface area contributed by atoms with Crippen molar-refractivity contribution >= 4 is 16.0 Å². The molecule has 1 unspecified atom stereocenters. The number of hydrogen-bond donors (Lipinski definition) is 1. The summed E-state index contributed by atoms with van der Waals surface area (Å²) in [4.78, 5) is 13.2. The van der Waals surface area contributed by atoms with Crippen LogP contribution in [0.1, 0.15) is 12.8 Å². The Labute approximate surface area is 96.0 Å². The lowest BCUT2D eigenvalue weighted by atomic mass is 10.0. The zero-order chi connectivity index (χ0) is 12.2. The third-order valence-electron chi connectivity index (χ3n) is 2.59. The van der Waals surface area contributed by atoms with Crippen molar-refractivity contribution in [3.05, 3.63) is 0 Å². The first-order valence-electron chi connectivity index (χ1n) is 5.20. The second-order valence-electron chi connectivity index (χ2n) is 3.88. The average molecular weight is 250 g/mol. The predicted molar refractivity (Wildman–Crippen MR) is 59.5 cm³/mol. The van der Waals surface area contributed by atoms with Crippen molar-refractivity contribution in [2.24, 2.45) is 0 Å². The SMILES string of the molecule is COC(=O)C1CCN1CCCNS(C)(=O)=O. The monoisotopic (exact) mass is 250 g/mol. The van der Waals surface area contributed by atoms with Gasteiger partial charge in [-0.15, -0.1) is 0 Å². The zero-order valence-electron chi connectivity index (χ0n) is 9.60. The molecular weight excluding hydrogens is 232 g/mol. The summed E-state index contributed by atoms with van der Waals surface area (Å²) >= 11 is 0. The average Bonchev–Trinajstić information content (AvgIpc) is 2.13. The molecule has 0 aromatic carbocycles. The van der Waals surface area contributed by atoms with Crippen molar-refractivity contribution < 1.29 is 17.9 Å². The standard InChI is InChI=1S/C9H18N2O4S/c1-15-9(12)8-4-7-11(8)6-3-5-10-16(2,13)14/h8,10H,3-7H2,1-2H3. The summed E-state index contributed by atoms with van der Waals surface area (Å²) in [5.41, 5.74) is 0. The lowest BCUT2D eigenvalue weighted by Crippen LogP contribution is -2.53. The fraction of sp³-hybridized carbons (Fsp3) is 0.889. The van der Waals surface area contributed by atoms with Gasteiger partial charge >= 0.3 is 5.97 Å². The molecule has 0 amide bonds. The van der Waals surface area contributed by atoms with Crippen LogP contribution in [0, 0.1) is 0 Å². The zero-order valence-corrected chi connectivity index (χ0v) is 10.4. The summed E-state index contributed by atoms with van der Waals surface area (Å²) in [6.07, 6.45) is 2.65. The van der Waals surface area contributed by atoms with Crippen LogP contribution in [0.5, 0.6) is 0 Å². The van der Waals surface area contributed by atoms with E-state index >= 15 is 0 Å². The Morgan fingerprint density at radius 1 is 1.56 bits per heavy atom. The number of hydrogen-bond acceptors (Lipinski definition) is 5. The molecule has 0 radical (unpaired) electrons. The summed E-state index contributed by atoms with van der Waals surface area (Å²) in [7, 11) is -1.73. The van der Waals surface area contributed by atoms with E-state index in [0.29, 0.717) is 19.5 Å². The van der Waals surface area contributed by atoms with Crippen molar-refractivity contribution in [3.63, 3.8) is 0 Å². The lowest BCUT2D eigenvalue weighted by molar-refractivity contribution is -0.151. The van der Waals surface area contributed by atoms with Gasteiger partial charge in [0.15, 0.2) is 0 Å². The molecule has 0 aliphatic carbocycles. The number of carbonyl (C=O) groups is 1. The number of rotatable bonds is 6. The van der Waals surface area contributed by atoms with E-state index in [1.165, 1.54) is 7.11 Å². The molecule has 0 saturated carbocycles. The summed E-state index contributed by atoms with van der Waals surface area (Å²) in [6, 6.07) is -0.136. The molecule has 94 valence electrons. The van der Waals surface area contributed by atoms with Crippen LogP contribution in [0.25, 0.3) is 0 Å². The quantitative estimate of drug-likeness (QED) is 0.492. The number of nitrogens with one attached hydrogen (secondary N) is 1. The molecule has 6 nitrogen and oxygen atoms in total. The fourth-order valence-electron chi connectivity index (χ4n) is 1.65. The van der Waals surface area contributed by atoms with Crippen LogP contribution in [0.15, 0.2) is 0 Å². The minimum atomic E-state index is -3.11. The van der Waals surface area contributed by atoms with Crippen LogP contribution in [0.2, 0.25) is 0 Å². The van der Waals surface area contributed by atoms with Gasteiger partial charge in [0.05, 0.1) is 13.4 Å². The maximum atomic E-state index is 11.2. The molecule has 0 spiro atoms. The second-order valence-corrected chi connectivity index (χ2v) is 5.72. The molecule has 1 N–H and O–H groups in total. The number of esters is 1. The Hall–Kier alpha value is -0.660. The maximum Gasteiger partial charge on any atom is 0.323 e. The minimum absolute atomic E-state index is 0.136. The van der Waals surface area contributed by atoms with Crippen molar-refractivity contribution in [1.29, 1.82) is 0 Å². The van der Waals surface area contributed by atoms with Gasteiger partial charge in [-0.1, -0.05) is 0 Å². The summed E-state index contributed by atoms with van der Waals surface area (Å²) in [5.74, 6) is -0.206. The van der Waals surface area contributed by atoms with Crippen LogP contribution in [0.3, 0.4) is 0 Å². The molecule has 1 saturated heterocycles. The topological polar surface area (TPSA) is 75.7 Å². The Balaban J connectivity index is 2.17. The molecule has 7 heteroatoms. The van der Waals surface area contributed by atoms with E-state index in [2.05, 4.69) is 9.46 Å². The summed E-state index contributed by atoms with van der Waals surface area (Å²) in [6.45, 7) is 1.99. The molecular formula is C9H18N2O4S. The van der Waals surface area contributed by atoms with Crippen molar-refractivity contribution in [1.82, 2.24) is 9.62 Å². The van der Waals surface area contributed by atoms with Gasteiger partial charge in [-0.3, -0.25) is 9.69 Å². The van der Waals surface area contributed by atoms with Crippen molar-refractivity contribution in [2.75, 3.05) is 33.0 Å². The smallest absolute Gasteiger partial charge is 0.323 e. The van der Waals surface area contributed by atoms with Gasteiger partial charge in [-0.25, -0.2) is 13.1 Å². The van der Waals surface area contributed by atoms with Crippen LogP contribution >= 0.6 is 0 Å². The number of sulfonamides is 1. The molecule has 16 heavy (non-hydrogen) atoms. The molecule has 1 heterocycles. The molecule has 0 aromatic heterocycles. The van der Waals surface area contributed by atoms with Gasteiger partial charge in [-0.2, -0.15) is 0 Å². The Kier molecular flexibility index (Phi) is 4.69. The van der Waals surface area contributed by atoms with Crippen molar-refractivity contribution in [2.45, 2.75) is 18.9 Å². The van der Waals surface area contributed by atoms with Crippen LogP contribution in [-0.4, -0.2) is 58.3 Å². The van der Waals surface area contributed by atoms with E-state index in [-0.39, 0.29) is 12.0 Å². The number of ether oxygens (including phenoxy) is 1. The van der Waals surface area contributed by atoms with E-state index < -0.39 is 10.0 Å². The Morgan fingerprint density at radius 3 is 2.69 bits per heavy atom. The number of nitrogens with zero attached hydrogens (tertiary/aromatic N) is 1. The number of likely N-dealkylation sites (tertiary alicyclic amines) is 1. The van der Waals surface area contributed by atoms with Crippen LogP contribution in [-0.2, 0) is 19.6 Å². The van der Waals surface area contributed by atoms with Crippen LogP contribution < -0.4 is 4.72 Å². The highest BCUT2D eigenvalue weighted by Gasteiger charge is 2.34. The van der Waals surface area contributed by atoms with Gasteiger partial charge in [0.2, 0.25) is 10.0 Å². The Morgan fingerprint density at radius 2 is 2.25 bits per heavy atom. The molecule has 1 aliphatic rings. The van der Waals surface area contributed by atoms with Gasteiger partial charge < -0.3 is 4.74 Å². The third-order valence-corrected chi connectivity index (χ3v) is 3.32. The largest absolute Gasteiger partial charge is 0.468 e. The molecule has 1 atom stereocenters. The van der Waals surface area contributed by atoms with Gasteiger partial charge in [0.25, 0.3) is 0 Å². The fourth-order valence-corrected chi connectivity index (χ4v) is 2.17. The molecule has 1 aliphatic heterocycles. The molecule has 1 rings (SSSR count). The van der Waals surface area contributed by atoms with E-state index in [9.17, 15) is 13.2 Å². The van der Waals surface area contributed by atoms with E-state index in [1.54, 1.807) is 0 Å². The van der Waals surface area contributed by atoms with E-state index in [0.717, 1.165) is 19.2 Å². The van der Waals surface area contributed by atoms with Crippen molar-refractivity contribution in [3.8, 4) is 0 Å². The first-order chi connectivity index (χ1) is 7.44. The van der Waals surface area contributed by atoms with Gasteiger partial charge in [0, 0.05) is 19.6 Å². The van der Waals surface area contributed by atoms with Crippen LogP contribution in [0.4, 0.5) is 0 Å². The first-order valence-corrected chi connectivity index (χ1v) is 7.09. The lowest BCUT2D eigenvalue weighted by Gasteiger charge is -2.38. The summed E-state index contributed by atoms with van der Waals surface area (Å²) in [5, 5.41) is 0. The Bertz CT molecular complexity index is 341. The molecule has 1 fully saturated rings. The minimum Gasteiger partial charge on any atom is -0.468 e. The van der Waals surface area contributed by atoms with Gasteiger partial charge in [-0.05, 0) is 12.8 Å². The highest BCUT2D eigenvalue weighted by atomic mass is 32.2.